The fraction of sp³-hybridized carbons (Fsp3) is 0.500. The third-order valence-corrected chi connectivity index (χ3v) is 4.41. The van der Waals surface area contributed by atoms with E-state index in [1.54, 1.807) is 11.0 Å². The second kappa shape index (κ2) is 10.3. The highest BCUT2D eigenvalue weighted by molar-refractivity contribution is 14.0. The molecule has 2 heterocycles. The minimum Gasteiger partial charge on any atom is -0.369 e. The first-order chi connectivity index (χ1) is 12.3. The standard InChI is InChI=1S/C18H27N7.HI/c1-3-19-18(20-12-17-21-14-22-24(17)2)23-15-8-7-11-25(13-15)16-9-5-4-6-10-16;/h4-6,9-10,14-15H,3,7-8,11-13H2,1-2H3,(H2,19,20,23);1H. The maximum atomic E-state index is 4.66. The van der Waals surface area contributed by atoms with E-state index in [4.69, 9.17) is 0 Å². The van der Waals surface area contributed by atoms with Crippen molar-refractivity contribution in [3.8, 4) is 0 Å². The van der Waals surface area contributed by atoms with Gasteiger partial charge in [0.05, 0.1) is 0 Å². The van der Waals surface area contributed by atoms with Gasteiger partial charge in [-0.05, 0) is 31.9 Å². The van der Waals surface area contributed by atoms with Gasteiger partial charge < -0.3 is 15.5 Å². The first-order valence-electron chi connectivity index (χ1n) is 8.94. The van der Waals surface area contributed by atoms with E-state index in [9.17, 15) is 0 Å². The molecule has 0 saturated carbocycles. The summed E-state index contributed by atoms with van der Waals surface area (Å²) in [7, 11) is 1.89. The molecule has 0 radical (unpaired) electrons. The largest absolute Gasteiger partial charge is 0.369 e. The smallest absolute Gasteiger partial charge is 0.191 e. The van der Waals surface area contributed by atoms with Crippen LogP contribution in [0.4, 0.5) is 5.69 Å². The molecule has 2 N–H and O–H groups in total. The van der Waals surface area contributed by atoms with Crippen LogP contribution in [0.2, 0.25) is 0 Å². The molecule has 0 spiro atoms. The Morgan fingerprint density at radius 3 is 2.81 bits per heavy atom. The molecule has 1 aromatic heterocycles. The predicted octanol–water partition coefficient (Wildman–Crippen LogP) is 2.16. The van der Waals surface area contributed by atoms with Crippen LogP contribution in [-0.2, 0) is 13.6 Å². The SMILES string of the molecule is CCNC(=NCc1ncnn1C)NC1CCCN(c2ccccc2)C1.I. The molecule has 142 valence electrons. The molecular formula is C18H28IN7. The number of anilines is 1. The highest BCUT2D eigenvalue weighted by atomic mass is 127. The lowest BCUT2D eigenvalue weighted by Gasteiger charge is -2.35. The maximum Gasteiger partial charge on any atom is 0.191 e. The quantitative estimate of drug-likeness (QED) is 0.399. The van der Waals surface area contributed by atoms with E-state index in [2.05, 4.69) is 67.9 Å². The Labute approximate surface area is 172 Å². The normalized spacial score (nSPS) is 17.5. The van der Waals surface area contributed by atoms with Crippen molar-refractivity contribution in [3.63, 3.8) is 0 Å². The molecule has 1 aromatic carbocycles. The van der Waals surface area contributed by atoms with Crippen molar-refractivity contribution >= 4 is 35.6 Å². The van der Waals surface area contributed by atoms with Gasteiger partial charge in [0, 0.05) is 38.4 Å². The van der Waals surface area contributed by atoms with Crippen molar-refractivity contribution in [2.24, 2.45) is 12.0 Å². The Balaban J connectivity index is 0.00000243. The summed E-state index contributed by atoms with van der Waals surface area (Å²) in [5.74, 6) is 1.69. The summed E-state index contributed by atoms with van der Waals surface area (Å²) in [5.41, 5.74) is 1.29. The van der Waals surface area contributed by atoms with E-state index in [1.807, 2.05) is 7.05 Å². The zero-order chi connectivity index (χ0) is 17.5. The number of para-hydroxylation sites is 1. The maximum absolute atomic E-state index is 4.66. The zero-order valence-corrected chi connectivity index (χ0v) is 17.8. The second-order valence-electron chi connectivity index (χ2n) is 6.26. The summed E-state index contributed by atoms with van der Waals surface area (Å²) >= 11 is 0. The molecule has 7 nitrogen and oxygen atoms in total. The van der Waals surface area contributed by atoms with Gasteiger partial charge in [-0.1, -0.05) is 18.2 Å². The molecule has 3 rings (SSSR count). The number of aromatic nitrogens is 3. The Kier molecular flexibility index (Phi) is 8.14. The van der Waals surface area contributed by atoms with Gasteiger partial charge in [0.1, 0.15) is 18.7 Å². The molecule has 1 saturated heterocycles. The van der Waals surface area contributed by atoms with Gasteiger partial charge in [-0.25, -0.2) is 9.98 Å². The van der Waals surface area contributed by atoms with Crippen molar-refractivity contribution < 1.29 is 0 Å². The second-order valence-corrected chi connectivity index (χ2v) is 6.26. The molecule has 1 aliphatic rings. The Hall–Kier alpha value is -1.84. The summed E-state index contributed by atoms with van der Waals surface area (Å²) in [6.07, 6.45) is 3.89. The number of rotatable bonds is 5. The topological polar surface area (TPSA) is 70.4 Å². The molecule has 0 amide bonds. The summed E-state index contributed by atoms with van der Waals surface area (Å²) < 4.78 is 1.75. The molecule has 1 fully saturated rings. The van der Waals surface area contributed by atoms with E-state index in [-0.39, 0.29) is 24.0 Å². The van der Waals surface area contributed by atoms with Crippen LogP contribution in [0.15, 0.2) is 41.7 Å². The summed E-state index contributed by atoms with van der Waals surface area (Å²) in [5, 5.41) is 11.0. The van der Waals surface area contributed by atoms with Crippen molar-refractivity contribution in [1.29, 1.82) is 0 Å². The molecule has 1 aliphatic heterocycles. The van der Waals surface area contributed by atoms with Crippen LogP contribution in [0.3, 0.4) is 0 Å². The number of nitrogens with one attached hydrogen (secondary N) is 2. The van der Waals surface area contributed by atoms with Crippen molar-refractivity contribution in [2.75, 3.05) is 24.5 Å². The molecule has 8 heteroatoms. The number of halogens is 1. The fourth-order valence-electron chi connectivity index (χ4n) is 3.09. The lowest BCUT2D eigenvalue weighted by molar-refractivity contribution is 0.468. The average molecular weight is 469 g/mol. The molecule has 2 aromatic rings. The zero-order valence-electron chi connectivity index (χ0n) is 15.4. The molecule has 0 bridgehead atoms. The number of benzene rings is 1. The van der Waals surface area contributed by atoms with Gasteiger partial charge in [-0.2, -0.15) is 5.10 Å². The minimum absolute atomic E-state index is 0. The molecule has 0 aliphatic carbocycles. The van der Waals surface area contributed by atoms with Crippen LogP contribution in [0, 0.1) is 0 Å². The van der Waals surface area contributed by atoms with Gasteiger partial charge in [-0.3, -0.25) is 4.68 Å². The molecule has 1 atom stereocenters. The number of piperidine rings is 1. The average Bonchev–Trinajstić information content (AvgIpc) is 3.06. The Bertz CT molecular complexity index is 686. The predicted molar refractivity (Wildman–Crippen MR) is 116 cm³/mol. The van der Waals surface area contributed by atoms with E-state index < -0.39 is 0 Å². The first-order valence-corrected chi connectivity index (χ1v) is 8.94. The van der Waals surface area contributed by atoms with Crippen molar-refractivity contribution in [3.05, 3.63) is 42.5 Å². The Morgan fingerprint density at radius 2 is 2.12 bits per heavy atom. The lowest BCUT2D eigenvalue weighted by atomic mass is 10.1. The van der Waals surface area contributed by atoms with Gasteiger partial charge in [0.15, 0.2) is 5.96 Å². The number of nitrogens with zero attached hydrogens (tertiary/aromatic N) is 5. The highest BCUT2D eigenvalue weighted by Crippen LogP contribution is 2.19. The summed E-state index contributed by atoms with van der Waals surface area (Å²) in [6, 6.07) is 11.0. The third kappa shape index (κ3) is 5.58. The van der Waals surface area contributed by atoms with Crippen molar-refractivity contribution in [2.45, 2.75) is 32.4 Å². The van der Waals surface area contributed by atoms with E-state index >= 15 is 0 Å². The van der Waals surface area contributed by atoms with Gasteiger partial charge >= 0.3 is 0 Å². The summed E-state index contributed by atoms with van der Waals surface area (Å²) in [4.78, 5) is 11.3. The molecule has 26 heavy (non-hydrogen) atoms. The lowest BCUT2D eigenvalue weighted by Crippen LogP contribution is -2.51. The molecular weight excluding hydrogens is 441 g/mol. The van der Waals surface area contributed by atoms with Gasteiger partial charge in [0.25, 0.3) is 0 Å². The third-order valence-electron chi connectivity index (χ3n) is 4.41. The Morgan fingerprint density at radius 1 is 1.31 bits per heavy atom. The van der Waals surface area contributed by atoms with Crippen LogP contribution < -0.4 is 15.5 Å². The number of hydrogen-bond acceptors (Lipinski definition) is 4. The van der Waals surface area contributed by atoms with Gasteiger partial charge in [-0.15, -0.1) is 24.0 Å². The van der Waals surface area contributed by atoms with Crippen molar-refractivity contribution in [1.82, 2.24) is 25.4 Å². The van der Waals surface area contributed by atoms with Crippen LogP contribution in [0.5, 0.6) is 0 Å². The van der Waals surface area contributed by atoms with Crippen LogP contribution in [0.25, 0.3) is 0 Å². The van der Waals surface area contributed by atoms with Crippen LogP contribution in [0.1, 0.15) is 25.6 Å². The van der Waals surface area contributed by atoms with E-state index in [0.29, 0.717) is 12.6 Å². The number of aliphatic imine (C=N–C) groups is 1. The van der Waals surface area contributed by atoms with Gasteiger partial charge in [0.2, 0.25) is 0 Å². The highest BCUT2D eigenvalue weighted by Gasteiger charge is 2.20. The monoisotopic (exact) mass is 469 g/mol. The van der Waals surface area contributed by atoms with Crippen LogP contribution >= 0.6 is 24.0 Å². The van der Waals surface area contributed by atoms with Crippen LogP contribution in [-0.4, -0.2) is 46.4 Å². The number of aryl methyl sites for hydroxylation is 1. The molecule has 1 unspecified atom stereocenters. The number of hydrogen-bond donors (Lipinski definition) is 2. The van der Waals surface area contributed by atoms with E-state index in [1.165, 1.54) is 12.1 Å². The summed E-state index contributed by atoms with van der Waals surface area (Å²) in [6.45, 7) is 5.52. The first kappa shape index (κ1) is 20.5. The fourth-order valence-corrected chi connectivity index (χ4v) is 3.09. The number of guanidine groups is 1. The minimum atomic E-state index is 0. The van der Waals surface area contributed by atoms with E-state index in [0.717, 1.165) is 37.8 Å².